The number of hydrogen-bond acceptors (Lipinski definition) is 4. The number of benzene rings is 2. The van der Waals surface area contributed by atoms with Crippen molar-refractivity contribution in [2.45, 2.75) is 12.8 Å². The predicted octanol–water partition coefficient (Wildman–Crippen LogP) is 4.19. The van der Waals surface area contributed by atoms with E-state index in [1.807, 2.05) is 0 Å². The van der Waals surface area contributed by atoms with Gasteiger partial charge in [-0.2, -0.15) is 17.9 Å². The van der Waals surface area contributed by atoms with Crippen molar-refractivity contribution in [1.82, 2.24) is 20.2 Å². The summed E-state index contributed by atoms with van der Waals surface area (Å²) < 4.78 is 72.1. The molecular formula is C15H8ClF5N4O. The topological polar surface area (TPSA) is 52.8 Å². The van der Waals surface area contributed by atoms with E-state index in [1.165, 1.54) is 6.07 Å². The number of tetrazole rings is 1. The molecule has 2 aromatic carbocycles. The Morgan fingerprint density at radius 2 is 1.85 bits per heavy atom. The highest BCUT2D eigenvalue weighted by Gasteiger charge is 2.35. The fourth-order valence-corrected chi connectivity index (χ4v) is 2.31. The van der Waals surface area contributed by atoms with E-state index in [4.69, 9.17) is 16.3 Å². The Morgan fingerprint density at radius 3 is 2.54 bits per heavy atom. The first-order valence-corrected chi connectivity index (χ1v) is 7.36. The summed E-state index contributed by atoms with van der Waals surface area (Å²) in [6, 6.07) is 5.72. The molecule has 0 aliphatic rings. The van der Waals surface area contributed by atoms with Crippen LogP contribution in [0, 0.1) is 11.6 Å². The summed E-state index contributed by atoms with van der Waals surface area (Å²) in [6.07, 6.45) is -4.70. The normalized spacial score (nSPS) is 11.6. The van der Waals surface area contributed by atoms with Gasteiger partial charge < -0.3 is 4.74 Å². The van der Waals surface area contributed by atoms with Crippen LogP contribution < -0.4 is 4.74 Å². The molecule has 0 bridgehead atoms. The summed E-state index contributed by atoms with van der Waals surface area (Å²) in [6.45, 7) is -0.449. The zero-order valence-corrected chi connectivity index (χ0v) is 13.4. The molecule has 0 fully saturated rings. The standard InChI is InChI=1S/C15H8ClF5N4O/c16-8-1-3-12(10(5-8)15(19,20)21)25-14(22-23-24-25)7-26-13-4-2-9(17)6-11(13)18/h1-6H,7H2. The van der Waals surface area contributed by atoms with Crippen LogP contribution in [-0.2, 0) is 12.8 Å². The largest absolute Gasteiger partial charge is 0.482 e. The van der Waals surface area contributed by atoms with Gasteiger partial charge in [-0.15, -0.1) is 5.10 Å². The molecule has 0 aliphatic heterocycles. The molecule has 0 radical (unpaired) electrons. The lowest BCUT2D eigenvalue weighted by Gasteiger charge is -2.14. The fourth-order valence-electron chi connectivity index (χ4n) is 2.14. The van der Waals surface area contributed by atoms with Gasteiger partial charge in [-0.3, -0.25) is 0 Å². The molecule has 0 saturated heterocycles. The number of ether oxygens (including phenoxy) is 1. The van der Waals surface area contributed by atoms with E-state index in [0.717, 1.165) is 28.9 Å². The first kappa shape index (κ1) is 18.1. The quantitative estimate of drug-likeness (QED) is 0.627. The molecule has 5 nitrogen and oxygen atoms in total. The van der Waals surface area contributed by atoms with Crippen molar-refractivity contribution in [3.05, 3.63) is 64.4 Å². The van der Waals surface area contributed by atoms with Gasteiger partial charge in [0.15, 0.2) is 17.4 Å². The predicted molar refractivity (Wildman–Crippen MR) is 79.9 cm³/mol. The lowest BCUT2D eigenvalue weighted by atomic mass is 10.1. The van der Waals surface area contributed by atoms with Crippen LogP contribution >= 0.6 is 11.6 Å². The third-order valence-electron chi connectivity index (χ3n) is 3.28. The molecule has 3 rings (SSSR count). The first-order chi connectivity index (χ1) is 12.3. The van der Waals surface area contributed by atoms with Gasteiger partial charge in [0, 0.05) is 11.1 Å². The van der Waals surface area contributed by atoms with E-state index < -0.39 is 30.0 Å². The van der Waals surface area contributed by atoms with E-state index in [0.29, 0.717) is 6.07 Å². The molecule has 1 aromatic heterocycles. The Balaban J connectivity index is 1.92. The van der Waals surface area contributed by atoms with E-state index in [1.54, 1.807) is 0 Å². The van der Waals surface area contributed by atoms with Crippen molar-refractivity contribution in [3.8, 4) is 11.4 Å². The van der Waals surface area contributed by atoms with Gasteiger partial charge in [-0.05, 0) is 40.8 Å². The number of alkyl halides is 3. The molecule has 0 spiro atoms. The maximum atomic E-state index is 13.6. The number of halogens is 6. The van der Waals surface area contributed by atoms with E-state index in [2.05, 4.69) is 15.5 Å². The minimum Gasteiger partial charge on any atom is -0.482 e. The lowest BCUT2D eigenvalue weighted by Crippen LogP contribution is -2.14. The fraction of sp³-hybridized carbons (Fsp3) is 0.133. The molecule has 0 atom stereocenters. The molecular weight excluding hydrogens is 383 g/mol. The highest BCUT2D eigenvalue weighted by Crippen LogP contribution is 2.35. The van der Waals surface area contributed by atoms with Crippen molar-refractivity contribution in [2.75, 3.05) is 0 Å². The molecule has 0 saturated carbocycles. The van der Waals surface area contributed by atoms with Gasteiger partial charge in [-0.25, -0.2) is 8.78 Å². The van der Waals surface area contributed by atoms with Crippen LogP contribution in [0.1, 0.15) is 11.4 Å². The maximum Gasteiger partial charge on any atom is 0.418 e. The molecule has 3 aromatic rings. The number of aromatic nitrogens is 4. The summed E-state index contributed by atoms with van der Waals surface area (Å²) in [7, 11) is 0. The number of hydrogen-bond donors (Lipinski definition) is 0. The summed E-state index contributed by atoms with van der Waals surface area (Å²) in [4.78, 5) is 0. The van der Waals surface area contributed by atoms with Gasteiger partial charge in [0.2, 0.25) is 0 Å². The van der Waals surface area contributed by atoms with Crippen LogP contribution in [0.5, 0.6) is 5.75 Å². The van der Waals surface area contributed by atoms with Gasteiger partial charge in [0.05, 0.1) is 11.3 Å². The van der Waals surface area contributed by atoms with Crippen LogP contribution in [0.15, 0.2) is 36.4 Å². The summed E-state index contributed by atoms with van der Waals surface area (Å²) in [5, 5.41) is 10.3. The number of rotatable bonds is 4. The Morgan fingerprint density at radius 1 is 1.08 bits per heavy atom. The summed E-state index contributed by atoms with van der Waals surface area (Å²) in [5.41, 5.74) is -1.42. The maximum absolute atomic E-state index is 13.6. The Labute approximate surface area is 148 Å². The average Bonchev–Trinajstić information content (AvgIpc) is 3.01. The number of nitrogens with zero attached hydrogens (tertiary/aromatic N) is 4. The second-order valence-electron chi connectivity index (χ2n) is 5.03. The van der Waals surface area contributed by atoms with Crippen molar-refractivity contribution in [2.24, 2.45) is 0 Å². The van der Waals surface area contributed by atoms with E-state index in [9.17, 15) is 22.0 Å². The SMILES string of the molecule is Fc1ccc(OCc2nnnn2-c2ccc(Cl)cc2C(F)(F)F)c(F)c1. The molecule has 136 valence electrons. The van der Waals surface area contributed by atoms with Crippen LogP contribution in [0.25, 0.3) is 5.69 Å². The van der Waals surface area contributed by atoms with Crippen molar-refractivity contribution in [1.29, 1.82) is 0 Å². The summed E-state index contributed by atoms with van der Waals surface area (Å²) in [5.74, 6) is -2.18. The van der Waals surface area contributed by atoms with Gasteiger partial charge in [-0.1, -0.05) is 11.6 Å². The highest BCUT2D eigenvalue weighted by atomic mass is 35.5. The molecule has 0 unspecified atom stereocenters. The Hall–Kier alpha value is -2.75. The first-order valence-electron chi connectivity index (χ1n) is 6.98. The second-order valence-corrected chi connectivity index (χ2v) is 5.47. The molecule has 1 heterocycles. The van der Waals surface area contributed by atoms with Crippen LogP contribution in [-0.4, -0.2) is 20.2 Å². The zero-order chi connectivity index (χ0) is 18.9. The minimum atomic E-state index is -4.70. The molecule has 0 aliphatic carbocycles. The van der Waals surface area contributed by atoms with Gasteiger partial charge in [0.25, 0.3) is 0 Å². The molecule has 26 heavy (non-hydrogen) atoms. The Bertz CT molecular complexity index is 944. The smallest absolute Gasteiger partial charge is 0.418 e. The zero-order valence-electron chi connectivity index (χ0n) is 12.6. The van der Waals surface area contributed by atoms with E-state index in [-0.39, 0.29) is 22.3 Å². The monoisotopic (exact) mass is 390 g/mol. The molecule has 0 N–H and O–H groups in total. The van der Waals surface area contributed by atoms with Crippen molar-refractivity contribution < 1.29 is 26.7 Å². The lowest BCUT2D eigenvalue weighted by molar-refractivity contribution is -0.137. The second kappa shape index (κ2) is 6.87. The third-order valence-corrected chi connectivity index (χ3v) is 3.51. The molecule has 11 heteroatoms. The molecule has 0 amide bonds. The van der Waals surface area contributed by atoms with Gasteiger partial charge >= 0.3 is 6.18 Å². The van der Waals surface area contributed by atoms with Crippen LogP contribution in [0.3, 0.4) is 0 Å². The minimum absolute atomic E-state index is 0.111. The van der Waals surface area contributed by atoms with Crippen molar-refractivity contribution in [3.63, 3.8) is 0 Å². The Kier molecular flexibility index (Phi) is 4.77. The van der Waals surface area contributed by atoms with Crippen LogP contribution in [0.2, 0.25) is 5.02 Å². The average molecular weight is 391 g/mol. The van der Waals surface area contributed by atoms with E-state index >= 15 is 0 Å². The highest BCUT2D eigenvalue weighted by molar-refractivity contribution is 6.30. The van der Waals surface area contributed by atoms with Gasteiger partial charge in [0.1, 0.15) is 12.4 Å². The van der Waals surface area contributed by atoms with Crippen molar-refractivity contribution >= 4 is 11.6 Å². The summed E-state index contributed by atoms with van der Waals surface area (Å²) >= 11 is 5.64. The van der Waals surface area contributed by atoms with Crippen LogP contribution in [0.4, 0.5) is 22.0 Å². The third kappa shape index (κ3) is 3.74.